The van der Waals surface area contributed by atoms with Crippen LogP contribution >= 0.6 is 0 Å². The predicted octanol–water partition coefficient (Wildman–Crippen LogP) is 16.9. The molecule has 0 atom stereocenters. The van der Waals surface area contributed by atoms with Crippen molar-refractivity contribution < 1.29 is 8.83 Å². The van der Waals surface area contributed by atoms with Crippen LogP contribution in [0, 0.1) is 0 Å². The molecule has 12 aromatic rings. The van der Waals surface area contributed by atoms with E-state index in [-0.39, 0.29) is 0 Å². The summed E-state index contributed by atoms with van der Waals surface area (Å²) in [5.74, 6) is 1.67. The second-order valence-electron chi connectivity index (χ2n) is 15.8. The van der Waals surface area contributed by atoms with E-state index in [1.54, 1.807) is 0 Å². The molecule has 0 unspecified atom stereocenters. The highest BCUT2D eigenvalue weighted by molar-refractivity contribution is 6.20. The number of anilines is 6. The van der Waals surface area contributed by atoms with Gasteiger partial charge < -0.3 is 18.6 Å². The minimum atomic E-state index is 0.835. The number of hydrogen-bond donors (Lipinski definition) is 0. The molecule has 0 aliphatic carbocycles. The maximum atomic E-state index is 6.62. The molecule has 0 saturated heterocycles. The van der Waals surface area contributed by atoms with Gasteiger partial charge in [0.05, 0.1) is 0 Å². The van der Waals surface area contributed by atoms with Crippen molar-refractivity contribution >= 4 is 88.4 Å². The van der Waals surface area contributed by atoms with E-state index in [2.05, 4.69) is 240 Å². The predicted molar refractivity (Wildman–Crippen MR) is 259 cm³/mol. The van der Waals surface area contributed by atoms with Crippen LogP contribution in [0.5, 0.6) is 0 Å². The Kier molecular flexibility index (Phi) is 8.46. The van der Waals surface area contributed by atoms with Gasteiger partial charge in [-0.25, -0.2) is 0 Å². The number of rotatable bonds is 8. The van der Waals surface area contributed by atoms with Crippen LogP contribution in [0.25, 0.3) is 76.9 Å². The minimum absolute atomic E-state index is 0.835. The number of para-hydroxylation sites is 4. The van der Waals surface area contributed by atoms with Gasteiger partial charge in [0, 0.05) is 61.4 Å². The number of furan rings is 2. The first kappa shape index (κ1) is 35.6. The Labute approximate surface area is 358 Å². The highest BCUT2D eigenvalue weighted by Gasteiger charge is 2.18. The van der Waals surface area contributed by atoms with E-state index in [0.717, 1.165) is 111 Å². The molecule has 0 N–H and O–H groups in total. The van der Waals surface area contributed by atoms with E-state index in [1.807, 2.05) is 0 Å². The van der Waals surface area contributed by atoms with Crippen molar-refractivity contribution in [2.45, 2.75) is 0 Å². The average Bonchev–Trinajstić information content (AvgIpc) is 3.98. The van der Waals surface area contributed by atoms with Gasteiger partial charge in [-0.3, -0.25) is 0 Å². The van der Waals surface area contributed by atoms with Crippen LogP contribution in [0.2, 0.25) is 0 Å². The van der Waals surface area contributed by atoms with Crippen molar-refractivity contribution in [3.63, 3.8) is 0 Å². The van der Waals surface area contributed by atoms with Gasteiger partial charge in [-0.1, -0.05) is 121 Å². The van der Waals surface area contributed by atoms with Crippen LogP contribution in [-0.4, -0.2) is 0 Å². The Bertz CT molecular complexity index is 3260. The molecule has 0 aliphatic heterocycles. The fourth-order valence-electron chi connectivity index (χ4n) is 9.00. The Morgan fingerprint density at radius 2 is 0.597 bits per heavy atom. The zero-order chi connectivity index (χ0) is 41.0. The van der Waals surface area contributed by atoms with Gasteiger partial charge in [-0.2, -0.15) is 0 Å². The molecule has 4 nitrogen and oxygen atoms in total. The average molecular weight is 795 g/mol. The third kappa shape index (κ3) is 6.25. The highest BCUT2D eigenvalue weighted by atomic mass is 16.3. The minimum Gasteiger partial charge on any atom is -0.456 e. The van der Waals surface area contributed by atoms with Gasteiger partial charge in [0.25, 0.3) is 0 Å². The summed E-state index contributed by atoms with van der Waals surface area (Å²) in [5, 5.41) is 9.03. The number of fused-ring (bicyclic) bond motifs is 7. The molecular weight excluding hydrogens is 757 g/mol. The smallest absolute Gasteiger partial charge is 0.135 e. The standard InChI is InChI=1S/C58H38N2O2/c1-5-13-46(14-6-1)59(47-15-7-2-8-16-47)50-29-25-40-33-44(23-21-42(40)35-50)56-37-52-54(61-56)31-27-39-28-32-55-53(58(39)52)38-57(62-55)45-24-22-43-36-51(30-26-41(43)34-45)60(48-17-9-3-10-18-48)49-19-11-4-12-20-49/h1-38H. The van der Waals surface area contributed by atoms with E-state index in [9.17, 15) is 0 Å². The van der Waals surface area contributed by atoms with E-state index >= 15 is 0 Å². The molecule has 0 saturated carbocycles. The van der Waals surface area contributed by atoms with Crippen LogP contribution in [0.3, 0.4) is 0 Å². The van der Waals surface area contributed by atoms with Crippen molar-refractivity contribution in [3.8, 4) is 22.6 Å². The summed E-state index contributed by atoms with van der Waals surface area (Å²) in [4.78, 5) is 4.59. The number of nitrogens with zero attached hydrogens (tertiary/aromatic N) is 2. The molecule has 4 heteroatoms. The summed E-state index contributed by atoms with van der Waals surface area (Å²) >= 11 is 0. The summed E-state index contributed by atoms with van der Waals surface area (Å²) in [6.07, 6.45) is 0. The second-order valence-corrected chi connectivity index (χ2v) is 15.8. The molecule has 10 aromatic carbocycles. The summed E-state index contributed by atoms with van der Waals surface area (Å²) < 4.78 is 13.2. The fraction of sp³-hybridized carbons (Fsp3) is 0. The highest BCUT2D eigenvalue weighted by Crippen LogP contribution is 2.42. The maximum absolute atomic E-state index is 6.62. The zero-order valence-electron chi connectivity index (χ0n) is 33.7. The van der Waals surface area contributed by atoms with Crippen molar-refractivity contribution in [2.24, 2.45) is 0 Å². The third-order valence-corrected chi connectivity index (χ3v) is 12.0. The van der Waals surface area contributed by atoms with Gasteiger partial charge in [0.15, 0.2) is 0 Å². The molecule has 62 heavy (non-hydrogen) atoms. The molecule has 12 rings (SSSR count). The lowest BCUT2D eigenvalue weighted by Crippen LogP contribution is -2.09. The molecule has 0 radical (unpaired) electrons. The summed E-state index contributed by atoms with van der Waals surface area (Å²) in [7, 11) is 0. The molecule has 2 heterocycles. The van der Waals surface area contributed by atoms with Gasteiger partial charge in [0.1, 0.15) is 22.7 Å². The van der Waals surface area contributed by atoms with Crippen LogP contribution < -0.4 is 9.80 Å². The van der Waals surface area contributed by atoms with E-state index in [4.69, 9.17) is 8.83 Å². The summed E-state index contributed by atoms with van der Waals surface area (Å²) in [6.45, 7) is 0. The zero-order valence-corrected chi connectivity index (χ0v) is 33.7. The molecular formula is C58H38N2O2. The van der Waals surface area contributed by atoms with E-state index < -0.39 is 0 Å². The lowest BCUT2D eigenvalue weighted by atomic mass is 10.0. The van der Waals surface area contributed by atoms with Crippen molar-refractivity contribution in [1.82, 2.24) is 0 Å². The van der Waals surface area contributed by atoms with Gasteiger partial charge >= 0.3 is 0 Å². The SMILES string of the molecule is c1ccc(N(c2ccccc2)c2ccc3cc(-c4cc5c(ccc6ccc7oc(-c8ccc9cc(N(c%10ccccc%10)c%10ccccc%10)ccc9c8)cc7c65)o4)ccc3c2)cc1. The molecule has 292 valence electrons. The molecule has 0 bridgehead atoms. The largest absolute Gasteiger partial charge is 0.456 e. The van der Waals surface area contributed by atoms with Gasteiger partial charge in [-0.05, 0) is 136 Å². The topological polar surface area (TPSA) is 32.8 Å². The molecule has 0 aliphatic rings. The third-order valence-electron chi connectivity index (χ3n) is 12.0. The Morgan fingerprint density at radius 1 is 0.258 bits per heavy atom. The van der Waals surface area contributed by atoms with Crippen LogP contribution in [-0.2, 0) is 0 Å². The second kappa shape index (κ2) is 14.7. The molecule has 0 spiro atoms. The Balaban J connectivity index is 0.888. The van der Waals surface area contributed by atoms with Crippen LogP contribution in [0.15, 0.2) is 239 Å². The van der Waals surface area contributed by atoms with Gasteiger partial charge in [0.2, 0.25) is 0 Å². The Hall–Kier alpha value is -8.34. The van der Waals surface area contributed by atoms with E-state index in [1.165, 1.54) is 0 Å². The first-order valence-corrected chi connectivity index (χ1v) is 21.0. The normalized spacial score (nSPS) is 11.5. The van der Waals surface area contributed by atoms with Crippen molar-refractivity contribution in [1.29, 1.82) is 0 Å². The maximum Gasteiger partial charge on any atom is 0.135 e. The van der Waals surface area contributed by atoms with Crippen molar-refractivity contribution in [2.75, 3.05) is 9.80 Å². The number of hydrogen-bond acceptors (Lipinski definition) is 4. The molecule has 2 aromatic heterocycles. The van der Waals surface area contributed by atoms with Crippen molar-refractivity contribution in [3.05, 3.63) is 231 Å². The van der Waals surface area contributed by atoms with Gasteiger partial charge in [-0.15, -0.1) is 0 Å². The lowest BCUT2D eigenvalue weighted by molar-refractivity contribution is 0.632. The van der Waals surface area contributed by atoms with Crippen LogP contribution in [0.4, 0.5) is 34.1 Å². The number of benzene rings is 10. The molecule has 0 amide bonds. The molecule has 0 fully saturated rings. The van der Waals surface area contributed by atoms with Crippen LogP contribution in [0.1, 0.15) is 0 Å². The lowest BCUT2D eigenvalue weighted by Gasteiger charge is -2.25. The Morgan fingerprint density at radius 3 is 0.984 bits per heavy atom. The fourth-order valence-corrected chi connectivity index (χ4v) is 9.00. The first-order chi connectivity index (χ1) is 30.7. The summed E-state index contributed by atoms with van der Waals surface area (Å²) in [6, 6.07) is 81.4. The monoisotopic (exact) mass is 794 g/mol. The summed E-state index contributed by atoms with van der Waals surface area (Å²) in [5.41, 5.74) is 10.4. The first-order valence-electron chi connectivity index (χ1n) is 21.0. The quantitative estimate of drug-likeness (QED) is 0.153. The van der Waals surface area contributed by atoms with E-state index in [0.29, 0.717) is 0 Å².